The van der Waals surface area contributed by atoms with Crippen LogP contribution in [0.1, 0.15) is 11.6 Å². The minimum absolute atomic E-state index is 0.712. The van der Waals surface area contributed by atoms with Gasteiger partial charge in [-0.2, -0.15) is 10.2 Å². The second-order valence-corrected chi connectivity index (χ2v) is 3.56. The molecule has 2 rings (SSSR count). The van der Waals surface area contributed by atoms with Crippen LogP contribution in [0.4, 0.5) is 0 Å². The predicted octanol–water partition coefficient (Wildman–Crippen LogP) is -0.724. The molecule has 0 aliphatic rings. The van der Waals surface area contributed by atoms with E-state index >= 15 is 0 Å². The highest BCUT2D eigenvalue weighted by Crippen LogP contribution is 1.91. The molecule has 0 saturated carbocycles. The quantitative estimate of drug-likeness (QED) is 0.674. The Morgan fingerprint density at radius 3 is 2.81 bits per heavy atom. The third-order valence-electron chi connectivity index (χ3n) is 2.26. The maximum absolute atomic E-state index is 4.20. The van der Waals surface area contributed by atoms with Gasteiger partial charge in [0.05, 0.1) is 6.54 Å². The molecule has 0 atom stereocenters. The molecule has 7 nitrogen and oxygen atoms in total. The zero-order valence-corrected chi connectivity index (χ0v) is 9.46. The largest absolute Gasteiger partial charge is 0.309 e. The van der Waals surface area contributed by atoms with Gasteiger partial charge in [0, 0.05) is 27.1 Å². The third kappa shape index (κ3) is 2.63. The van der Waals surface area contributed by atoms with Crippen molar-refractivity contribution in [3.63, 3.8) is 0 Å². The average molecular weight is 221 g/mol. The van der Waals surface area contributed by atoms with E-state index in [0.29, 0.717) is 6.54 Å². The number of hydrogen-bond acceptors (Lipinski definition) is 5. The van der Waals surface area contributed by atoms with Crippen molar-refractivity contribution >= 4 is 0 Å². The van der Waals surface area contributed by atoms with Gasteiger partial charge in [0.15, 0.2) is 5.82 Å². The molecule has 0 unspecified atom stereocenters. The third-order valence-corrected chi connectivity index (χ3v) is 2.26. The summed E-state index contributed by atoms with van der Waals surface area (Å²) in [5, 5.41) is 11.5. The van der Waals surface area contributed by atoms with E-state index in [0.717, 1.165) is 24.6 Å². The van der Waals surface area contributed by atoms with Crippen molar-refractivity contribution < 1.29 is 0 Å². The molecule has 7 heteroatoms. The van der Waals surface area contributed by atoms with Crippen LogP contribution in [0.25, 0.3) is 0 Å². The lowest BCUT2D eigenvalue weighted by Crippen LogP contribution is -2.19. The molecule has 0 aromatic carbocycles. The molecule has 0 saturated heterocycles. The van der Waals surface area contributed by atoms with E-state index in [4.69, 9.17) is 0 Å². The van der Waals surface area contributed by atoms with Gasteiger partial charge in [-0.25, -0.2) is 9.97 Å². The summed E-state index contributed by atoms with van der Waals surface area (Å²) in [6.45, 7) is 1.54. The lowest BCUT2D eigenvalue weighted by atomic mass is 10.4. The normalized spacial score (nSPS) is 10.9. The molecule has 0 spiro atoms. The van der Waals surface area contributed by atoms with Crippen LogP contribution < -0.4 is 5.32 Å². The van der Waals surface area contributed by atoms with Crippen molar-refractivity contribution in [2.45, 2.75) is 13.0 Å². The van der Waals surface area contributed by atoms with Crippen LogP contribution in [-0.4, -0.2) is 36.1 Å². The van der Waals surface area contributed by atoms with E-state index in [9.17, 15) is 0 Å². The van der Waals surface area contributed by atoms with Crippen molar-refractivity contribution in [3.8, 4) is 0 Å². The molecule has 1 N–H and O–H groups in total. The summed E-state index contributed by atoms with van der Waals surface area (Å²) in [6.07, 6.45) is 4.08. The summed E-state index contributed by atoms with van der Waals surface area (Å²) in [4.78, 5) is 8.26. The van der Waals surface area contributed by atoms with Gasteiger partial charge in [-0.1, -0.05) is 0 Å². The monoisotopic (exact) mass is 221 g/mol. The van der Waals surface area contributed by atoms with E-state index < -0.39 is 0 Å². The van der Waals surface area contributed by atoms with E-state index in [-0.39, 0.29) is 0 Å². The first-order valence-electron chi connectivity index (χ1n) is 5.14. The topological polar surface area (TPSA) is 73.5 Å². The molecule has 0 aliphatic heterocycles. The lowest BCUT2D eigenvalue weighted by Gasteiger charge is -2.01. The van der Waals surface area contributed by atoms with Gasteiger partial charge in [-0.3, -0.25) is 9.36 Å². The zero-order chi connectivity index (χ0) is 11.4. The molecule has 0 bridgehead atoms. The SMILES string of the molecule is Cn1cnc(CCNCc2ncnn2C)n1. The van der Waals surface area contributed by atoms with Crippen LogP contribution in [0.15, 0.2) is 12.7 Å². The first-order chi connectivity index (χ1) is 7.75. The molecular formula is C9H15N7. The van der Waals surface area contributed by atoms with E-state index in [1.807, 2.05) is 14.1 Å². The maximum atomic E-state index is 4.20. The highest BCUT2D eigenvalue weighted by Gasteiger charge is 2.01. The summed E-state index contributed by atoms with van der Waals surface area (Å²) >= 11 is 0. The van der Waals surface area contributed by atoms with Crippen molar-refractivity contribution in [2.24, 2.45) is 14.1 Å². The van der Waals surface area contributed by atoms with Crippen LogP contribution in [0, 0.1) is 0 Å². The van der Waals surface area contributed by atoms with Gasteiger partial charge >= 0.3 is 0 Å². The first-order valence-corrected chi connectivity index (χ1v) is 5.14. The molecule has 0 aliphatic carbocycles. The number of rotatable bonds is 5. The Labute approximate surface area is 93.5 Å². The van der Waals surface area contributed by atoms with Crippen molar-refractivity contribution in [2.75, 3.05) is 6.54 Å². The van der Waals surface area contributed by atoms with Crippen LogP contribution >= 0.6 is 0 Å². The Bertz CT molecular complexity index is 444. The van der Waals surface area contributed by atoms with Gasteiger partial charge in [0.2, 0.25) is 0 Å². The van der Waals surface area contributed by atoms with Crippen LogP contribution in [-0.2, 0) is 27.1 Å². The zero-order valence-electron chi connectivity index (χ0n) is 9.46. The van der Waals surface area contributed by atoms with Gasteiger partial charge < -0.3 is 5.32 Å². The number of nitrogens with one attached hydrogen (secondary N) is 1. The Hall–Kier alpha value is -1.76. The predicted molar refractivity (Wildman–Crippen MR) is 57.4 cm³/mol. The summed E-state index contributed by atoms with van der Waals surface area (Å²) in [6, 6.07) is 0. The smallest absolute Gasteiger partial charge is 0.151 e. The van der Waals surface area contributed by atoms with E-state index in [1.54, 1.807) is 22.0 Å². The van der Waals surface area contributed by atoms with Crippen LogP contribution in [0.2, 0.25) is 0 Å². The minimum atomic E-state index is 0.712. The number of aromatic nitrogens is 6. The van der Waals surface area contributed by atoms with Gasteiger partial charge in [-0.05, 0) is 0 Å². The Morgan fingerprint density at radius 1 is 1.31 bits per heavy atom. The average Bonchev–Trinajstić information content (AvgIpc) is 2.83. The fourth-order valence-corrected chi connectivity index (χ4v) is 1.38. The summed E-state index contributed by atoms with van der Waals surface area (Å²) in [7, 11) is 3.74. The first kappa shape index (κ1) is 10.7. The highest BCUT2D eigenvalue weighted by molar-refractivity contribution is 4.85. The number of aryl methyl sites for hydroxylation is 2. The fraction of sp³-hybridized carbons (Fsp3) is 0.556. The van der Waals surface area contributed by atoms with E-state index in [1.165, 1.54) is 0 Å². The van der Waals surface area contributed by atoms with Gasteiger partial charge in [0.25, 0.3) is 0 Å². The molecular weight excluding hydrogens is 206 g/mol. The summed E-state index contributed by atoms with van der Waals surface area (Å²) in [5.74, 6) is 1.78. The Balaban J connectivity index is 1.71. The molecule has 2 heterocycles. The second kappa shape index (κ2) is 4.84. The van der Waals surface area contributed by atoms with Crippen LogP contribution in [0.5, 0.6) is 0 Å². The Kier molecular flexibility index (Phi) is 3.25. The fourth-order valence-electron chi connectivity index (χ4n) is 1.38. The maximum Gasteiger partial charge on any atom is 0.151 e. The minimum Gasteiger partial charge on any atom is -0.309 e. The van der Waals surface area contributed by atoms with Crippen molar-refractivity contribution in [1.29, 1.82) is 0 Å². The standard InChI is InChI=1S/C9H15N7/c1-15-7-12-8(14-15)3-4-10-5-9-11-6-13-16(9)2/h6-7,10H,3-5H2,1-2H3. The second-order valence-electron chi connectivity index (χ2n) is 3.56. The molecule has 0 fully saturated rings. The molecule has 0 amide bonds. The molecule has 2 aromatic rings. The molecule has 86 valence electrons. The number of nitrogens with zero attached hydrogens (tertiary/aromatic N) is 6. The van der Waals surface area contributed by atoms with Gasteiger partial charge in [-0.15, -0.1) is 0 Å². The van der Waals surface area contributed by atoms with E-state index in [2.05, 4.69) is 25.5 Å². The molecule has 0 radical (unpaired) electrons. The van der Waals surface area contributed by atoms with Gasteiger partial charge in [0.1, 0.15) is 18.5 Å². The Morgan fingerprint density at radius 2 is 2.19 bits per heavy atom. The number of hydrogen-bond donors (Lipinski definition) is 1. The lowest BCUT2D eigenvalue weighted by molar-refractivity contribution is 0.605. The summed E-state index contributed by atoms with van der Waals surface area (Å²) < 4.78 is 3.46. The van der Waals surface area contributed by atoms with Crippen molar-refractivity contribution in [3.05, 3.63) is 24.3 Å². The van der Waals surface area contributed by atoms with Crippen LogP contribution in [0.3, 0.4) is 0 Å². The molecule has 2 aromatic heterocycles. The van der Waals surface area contributed by atoms with Crippen molar-refractivity contribution in [1.82, 2.24) is 34.8 Å². The summed E-state index contributed by atoms with van der Waals surface area (Å²) in [5.41, 5.74) is 0. The highest BCUT2D eigenvalue weighted by atomic mass is 15.3. The molecule has 16 heavy (non-hydrogen) atoms.